The third-order valence-electron chi connectivity index (χ3n) is 3.55. The fourth-order valence-electron chi connectivity index (χ4n) is 2.36. The molecule has 16 heteroatoms. The highest BCUT2D eigenvalue weighted by Gasteiger charge is 2.13. The number of hydrogen-bond acceptors (Lipinski definition) is 10. The standard InChI is InChI=1S/C14H8N8O8/c23-5(29-21-3-15-7-9(21)17-13(27)19-11(7)25)1-2-6(24)30-22-4-16-8-10(22)18-14(28)20-12(8)26/h1-4H,(H2,17,19,25,27)(H2,18,20,26,28)/b2-1+. The molecule has 152 valence electrons. The summed E-state index contributed by atoms with van der Waals surface area (Å²) in [5.41, 5.74) is -3.95. The fraction of sp³-hybridized carbons (Fsp3) is 0. The molecule has 30 heavy (non-hydrogen) atoms. The molecular formula is C14H8N8O8. The van der Waals surface area contributed by atoms with Gasteiger partial charge < -0.3 is 9.68 Å². The lowest BCUT2D eigenvalue weighted by molar-refractivity contribution is -0.140. The summed E-state index contributed by atoms with van der Waals surface area (Å²) in [6, 6.07) is 0. The van der Waals surface area contributed by atoms with Crippen LogP contribution < -0.4 is 32.2 Å². The van der Waals surface area contributed by atoms with Gasteiger partial charge in [-0.3, -0.25) is 29.5 Å². The van der Waals surface area contributed by atoms with Crippen LogP contribution in [0.15, 0.2) is 44.0 Å². The van der Waals surface area contributed by atoms with Crippen LogP contribution in [0.3, 0.4) is 0 Å². The van der Waals surface area contributed by atoms with E-state index in [4.69, 9.17) is 9.68 Å². The number of imidazole rings is 2. The van der Waals surface area contributed by atoms with Crippen molar-refractivity contribution in [3.8, 4) is 0 Å². The summed E-state index contributed by atoms with van der Waals surface area (Å²) >= 11 is 0. The minimum atomic E-state index is -1.08. The van der Waals surface area contributed by atoms with E-state index < -0.39 is 34.4 Å². The highest BCUT2D eigenvalue weighted by molar-refractivity contribution is 5.92. The topological polar surface area (TPSA) is 220 Å². The van der Waals surface area contributed by atoms with Crippen molar-refractivity contribution in [2.45, 2.75) is 0 Å². The third kappa shape index (κ3) is 3.30. The molecule has 0 spiro atoms. The molecule has 4 N–H and O–H groups in total. The van der Waals surface area contributed by atoms with Crippen molar-refractivity contribution in [3.63, 3.8) is 0 Å². The van der Waals surface area contributed by atoms with Crippen LogP contribution in [0.1, 0.15) is 0 Å². The third-order valence-corrected chi connectivity index (χ3v) is 3.55. The Hall–Kier alpha value is -5.02. The maximum absolute atomic E-state index is 11.9. The molecule has 0 aliphatic carbocycles. The van der Waals surface area contributed by atoms with Crippen molar-refractivity contribution >= 4 is 34.3 Å². The Morgan fingerprint density at radius 2 is 1.13 bits per heavy atom. The lowest BCUT2D eigenvalue weighted by atomic mass is 10.5. The fourth-order valence-corrected chi connectivity index (χ4v) is 2.36. The lowest BCUT2D eigenvalue weighted by Gasteiger charge is -2.02. The zero-order chi connectivity index (χ0) is 21.4. The first-order valence-electron chi connectivity index (χ1n) is 7.84. The molecule has 0 atom stereocenters. The van der Waals surface area contributed by atoms with Crippen molar-refractivity contribution in [2.24, 2.45) is 0 Å². The van der Waals surface area contributed by atoms with Crippen LogP contribution in [0.5, 0.6) is 0 Å². The van der Waals surface area contributed by atoms with E-state index in [1.807, 2.05) is 9.97 Å². The van der Waals surface area contributed by atoms with Gasteiger partial charge in [-0.2, -0.15) is 0 Å². The minimum absolute atomic E-state index is 0.174. The maximum Gasteiger partial charge on any atom is 0.356 e. The predicted octanol–water partition coefficient (Wildman–Crippen LogP) is -3.69. The molecule has 0 aromatic carbocycles. The number of aromatic nitrogens is 8. The van der Waals surface area contributed by atoms with E-state index in [-0.39, 0.29) is 22.3 Å². The van der Waals surface area contributed by atoms with Crippen molar-refractivity contribution in [1.82, 2.24) is 39.4 Å². The molecule has 0 saturated heterocycles. The largest absolute Gasteiger partial charge is 0.356 e. The van der Waals surface area contributed by atoms with Crippen LogP contribution in [0, 0.1) is 0 Å². The highest BCUT2D eigenvalue weighted by atomic mass is 16.7. The van der Waals surface area contributed by atoms with Gasteiger partial charge in [0.1, 0.15) is 12.7 Å². The number of carbonyl (C=O) groups is 2. The van der Waals surface area contributed by atoms with Gasteiger partial charge in [-0.25, -0.2) is 29.1 Å². The zero-order valence-electron chi connectivity index (χ0n) is 14.4. The number of carbonyl (C=O) groups excluding carboxylic acids is 2. The monoisotopic (exact) mass is 416 g/mol. The molecule has 4 aromatic rings. The van der Waals surface area contributed by atoms with E-state index in [0.29, 0.717) is 12.2 Å². The second-order valence-electron chi connectivity index (χ2n) is 5.51. The van der Waals surface area contributed by atoms with Gasteiger partial charge in [-0.05, 0) is 0 Å². The Balaban J connectivity index is 1.49. The van der Waals surface area contributed by atoms with Crippen LogP contribution in [-0.4, -0.2) is 51.3 Å². The second-order valence-corrected chi connectivity index (χ2v) is 5.51. The van der Waals surface area contributed by atoms with E-state index in [0.717, 1.165) is 22.1 Å². The molecule has 4 rings (SSSR count). The molecule has 0 aliphatic heterocycles. The Morgan fingerprint density at radius 3 is 1.53 bits per heavy atom. The number of H-pyrrole nitrogens is 4. The molecule has 0 saturated carbocycles. The summed E-state index contributed by atoms with van der Waals surface area (Å²) in [6.07, 6.45) is 3.30. The van der Waals surface area contributed by atoms with E-state index >= 15 is 0 Å². The normalized spacial score (nSPS) is 11.3. The van der Waals surface area contributed by atoms with Crippen molar-refractivity contribution in [2.75, 3.05) is 0 Å². The quantitative estimate of drug-likeness (QED) is 0.238. The summed E-state index contributed by atoms with van der Waals surface area (Å²) in [5, 5.41) is 0. The molecule has 0 unspecified atom stereocenters. The van der Waals surface area contributed by atoms with Gasteiger partial charge in [-0.1, -0.05) is 0 Å². The van der Waals surface area contributed by atoms with Gasteiger partial charge >= 0.3 is 23.3 Å². The van der Waals surface area contributed by atoms with Gasteiger partial charge in [0.05, 0.1) is 0 Å². The average Bonchev–Trinajstić information content (AvgIpc) is 3.25. The Kier molecular flexibility index (Phi) is 4.19. The van der Waals surface area contributed by atoms with E-state index in [9.17, 15) is 28.8 Å². The lowest BCUT2D eigenvalue weighted by Crippen LogP contribution is -2.25. The second kappa shape index (κ2) is 6.86. The SMILES string of the molecule is O=C(/C=C/C(=O)On1cnc2c(=O)[nH]c(=O)[nH]c21)On1cnc2c(=O)[nH]c(=O)[nH]c21. The highest BCUT2D eigenvalue weighted by Crippen LogP contribution is 2.01. The first-order valence-corrected chi connectivity index (χ1v) is 7.84. The van der Waals surface area contributed by atoms with Gasteiger partial charge in [0, 0.05) is 12.2 Å². The number of fused-ring (bicyclic) bond motifs is 2. The molecule has 0 bridgehead atoms. The van der Waals surface area contributed by atoms with Crippen LogP contribution in [0.4, 0.5) is 0 Å². The molecule has 0 amide bonds. The zero-order valence-corrected chi connectivity index (χ0v) is 14.4. The summed E-state index contributed by atoms with van der Waals surface area (Å²) < 4.78 is 1.45. The van der Waals surface area contributed by atoms with E-state index in [2.05, 4.69) is 19.9 Å². The molecule has 0 radical (unpaired) electrons. The number of hydrogen-bond donors (Lipinski definition) is 4. The predicted molar refractivity (Wildman–Crippen MR) is 94.3 cm³/mol. The molecular weight excluding hydrogens is 408 g/mol. The number of nitrogens with zero attached hydrogens (tertiary/aromatic N) is 4. The average molecular weight is 416 g/mol. The van der Waals surface area contributed by atoms with Gasteiger partial charge in [0.2, 0.25) is 0 Å². The van der Waals surface area contributed by atoms with Gasteiger partial charge in [0.25, 0.3) is 11.1 Å². The number of rotatable bonds is 4. The first kappa shape index (κ1) is 18.3. The van der Waals surface area contributed by atoms with Crippen molar-refractivity contribution in [1.29, 1.82) is 0 Å². The van der Waals surface area contributed by atoms with Gasteiger partial charge in [0.15, 0.2) is 22.3 Å². The van der Waals surface area contributed by atoms with Crippen LogP contribution in [0.25, 0.3) is 22.3 Å². The molecule has 0 fully saturated rings. The maximum atomic E-state index is 11.9. The minimum Gasteiger partial charge on any atom is -0.329 e. The Morgan fingerprint density at radius 1 is 0.733 bits per heavy atom. The summed E-state index contributed by atoms with van der Waals surface area (Å²) in [4.78, 5) is 95.0. The van der Waals surface area contributed by atoms with E-state index in [1.54, 1.807) is 0 Å². The first-order chi connectivity index (χ1) is 14.3. The van der Waals surface area contributed by atoms with Crippen molar-refractivity contribution in [3.05, 3.63) is 66.5 Å². The summed E-state index contributed by atoms with van der Waals surface area (Å²) in [7, 11) is 0. The van der Waals surface area contributed by atoms with Crippen molar-refractivity contribution < 1.29 is 19.3 Å². The van der Waals surface area contributed by atoms with Gasteiger partial charge in [-0.15, -0.1) is 9.46 Å². The number of aromatic amines is 4. The number of nitrogens with one attached hydrogen (secondary N) is 4. The Labute approximate surface area is 160 Å². The van der Waals surface area contributed by atoms with Crippen LogP contribution >= 0.6 is 0 Å². The van der Waals surface area contributed by atoms with Crippen LogP contribution in [0.2, 0.25) is 0 Å². The molecule has 0 aliphatic rings. The molecule has 4 heterocycles. The summed E-state index contributed by atoms with van der Waals surface area (Å²) in [5.74, 6) is -2.15. The summed E-state index contributed by atoms with van der Waals surface area (Å²) in [6.45, 7) is 0. The Bertz CT molecular complexity index is 1460. The van der Waals surface area contributed by atoms with Crippen LogP contribution in [-0.2, 0) is 9.59 Å². The van der Waals surface area contributed by atoms with E-state index in [1.165, 1.54) is 0 Å². The molecule has 16 nitrogen and oxygen atoms in total. The molecule has 4 aromatic heterocycles. The smallest absolute Gasteiger partial charge is 0.329 e.